The molecule has 1 fully saturated rings. The van der Waals surface area contributed by atoms with Crippen molar-refractivity contribution in [3.8, 4) is 0 Å². The number of thiophene rings is 1. The highest BCUT2D eigenvalue weighted by Crippen LogP contribution is 2.23. The molecule has 0 aliphatic carbocycles. The number of rotatable bonds is 2. The van der Waals surface area contributed by atoms with E-state index in [9.17, 15) is 0 Å². The summed E-state index contributed by atoms with van der Waals surface area (Å²) >= 11 is 7.56. The second-order valence-electron chi connectivity index (χ2n) is 3.82. The van der Waals surface area contributed by atoms with E-state index in [0.717, 1.165) is 36.8 Å². The number of hydrogen-bond acceptors (Lipinski definition) is 3. The Morgan fingerprint density at radius 2 is 2.07 bits per heavy atom. The van der Waals surface area contributed by atoms with Gasteiger partial charge in [-0.15, -0.1) is 23.7 Å². The fourth-order valence-corrected chi connectivity index (χ4v) is 2.90. The first-order valence-corrected chi connectivity index (χ1v) is 6.15. The molecule has 15 heavy (non-hydrogen) atoms. The summed E-state index contributed by atoms with van der Waals surface area (Å²) in [5.41, 5.74) is 5.85. The van der Waals surface area contributed by atoms with Gasteiger partial charge in [-0.2, -0.15) is 0 Å². The van der Waals surface area contributed by atoms with Crippen molar-refractivity contribution >= 4 is 35.3 Å². The van der Waals surface area contributed by atoms with Gasteiger partial charge >= 0.3 is 0 Å². The van der Waals surface area contributed by atoms with Gasteiger partial charge in [0.1, 0.15) is 0 Å². The average Bonchev–Trinajstić information content (AvgIpc) is 2.56. The van der Waals surface area contributed by atoms with Crippen LogP contribution in [0, 0.1) is 0 Å². The van der Waals surface area contributed by atoms with E-state index in [0.29, 0.717) is 6.04 Å². The van der Waals surface area contributed by atoms with Crippen LogP contribution in [0.4, 0.5) is 0 Å². The minimum atomic E-state index is 0. The van der Waals surface area contributed by atoms with Gasteiger partial charge in [-0.25, -0.2) is 0 Å². The zero-order valence-electron chi connectivity index (χ0n) is 8.49. The SMILES string of the molecule is Cl.NC1CCN(Cc2ccc(Cl)s2)CC1. The van der Waals surface area contributed by atoms with E-state index < -0.39 is 0 Å². The molecular weight excluding hydrogens is 251 g/mol. The Hall–Kier alpha value is 0.200. The molecular formula is C10H16Cl2N2S. The molecule has 2 nitrogen and oxygen atoms in total. The smallest absolute Gasteiger partial charge is 0.0931 e. The van der Waals surface area contributed by atoms with Crippen LogP contribution >= 0.6 is 35.3 Å². The van der Waals surface area contributed by atoms with E-state index >= 15 is 0 Å². The molecule has 86 valence electrons. The molecule has 0 amide bonds. The molecule has 1 aromatic rings. The number of piperidine rings is 1. The van der Waals surface area contributed by atoms with Crippen LogP contribution in [-0.4, -0.2) is 24.0 Å². The Morgan fingerprint density at radius 1 is 1.40 bits per heavy atom. The number of nitrogens with two attached hydrogens (primary N) is 1. The van der Waals surface area contributed by atoms with E-state index in [1.807, 2.05) is 6.07 Å². The van der Waals surface area contributed by atoms with Crippen LogP contribution in [0.5, 0.6) is 0 Å². The van der Waals surface area contributed by atoms with Gasteiger partial charge in [0, 0.05) is 17.5 Å². The molecule has 1 aliphatic heterocycles. The second kappa shape index (κ2) is 6.06. The lowest BCUT2D eigenvalue weighted by Gasteiger charge is -2.29. The van der Waals surface area contributed by atoms with Gasteiger partial charge in [0.25, 0.3) is 0 Å². The number of halogens is 2. The number of hydrogen-bond donors (Lipinski definition) is 1. The Morgan fingerprint density at radius 3 is 2.60 bits per heavy atom. The summed E-state index contributed by atoms with van der Waals surface area (Å²) in [7, 11) is 0. The molecule has 0 saturated carbocycles. The summed E-state index contributed by atoms with van der Waals surface area (Å²) in [6, 6.07) is 4.50. The molecule has 0 atom stereocenters. The van der Waals surface area contributed by atoms with Crippen molar-refractivity contribution in [2.75, 3.05) is 13.1 Å². The topological polar surface area (TPSA) is 29.3 Å². The van der Waals surface area contributed by atoms with Crippen molar-refractivity contribution in [3.63, 3.8) is 0 Å². The minimum absolute atomic E-state index is 0. The maximum absolute atomic E-state index is 5.88. The third-order valence-electron chi connectivity index (χ3n) is 2.64. The maximum Gasteiger partial charge on any atom is 0.0931 e. The molecule has 0 aromatic carbocycles. The van der Waals surface area contributed by atoms with Crippen molar-refractivity contribution in [2.24, 2.45) is 5.73 Å². The first-order valence-electron chi connectivity index (χ1n) is 4.96. The molecule has 1 aromatic heterocycles. The fraction of sp³-hybridized carbons (Fsp3) is 0.600. The van der Waals surface area contributed by atoms with Gasteiger partial charge in [-0.1, -0.05) is 11.6 Å². The summed E-state index contributed by atoms with van der Waals surface area (Å²) in [5.74, 6) is 0. The molecule has 1 aliphatic rings. The zero-order valence-corrected chi connectivity index (χ0v) is 10.9. The van der Waals surface area contributed by atoms with Crippen LogP contribution in [0.1, 0.15) is 17.7 Å². The molecule has 2 N–H and O–H groups in total. The quantitative estimate of drug-likeness (QED) is 0.892. The van der Waals surface area contributed by atoms with Crippen LogP contribution in [0.2, 0.25) is 4.34 Å². The predicted octanol–water partition coefficient (Wildman–Crippen LogP) is 2.75. The summed E-state index contributed by atoms with van der Waals surface area (Å²) in [6.07, 6.45) is 2.25. The van der Waals surface area contributed by atoms with Gasteiger partial charge in [0.05, 0.1) is 4.34 Å². The van der Waals surface area contributed by atoms with Crippen molar-refractivity contribution in [3.05, 3.63) is 21.3 Å². The Kier molecular flexibility index (Phi) is 5.36. The Labute approximate surface area is 106 Å². The molecule has 5 heteroatoms. The van der Waals surface area contributed by atoms with Gasteiger partial charge in [-0.05, 0) is 38.1 Å². The lowest BCUT2D eigenvalue weighted by atomic mass is 10.1. The summed E-state index contributed by atoms with van der Waals surface area (Å²) in [4.78, 5) is 3.80. The predicted molar refractivity (Wildman–Crippen MR) is 69.1 cm³/mol. The van der Waals surface area contributed by atoms with E-state index in [1.165, 1.54) is 4.88 Å². The second-order valence-corrected chi connectivity index (χ2v) is 5.62. The van der Waals surface area contributed by atoms with Crippen LogP contribution < -0.4 is 5.73 Å². The normalized spacial score (nSPS) is 18.8. The molecule has 0 radical (unpaired) electrons. The van der Waals surface area contributed by atoms with Crippen molar-refractivity contribution in [1.29, 1.82) is 0 Å². The molecule has 2 heterocycles. The lowest BCUT2D eigenvalue weighted by Crippen LogP contribution is -2.39. The minimum Gasteiger partial charge on any atom is -0.328 e. The maximum atomic E-state index is 5.88. The van der Waals surface area contributed by atoms with Crippen LogP contribution in [-0.2, 0) is 6.54 Å². The first kappa shape index (κ1) is 13.3. The van der Waals surface area contributed by atoms with Crippen molar-refractivity contribution in [1.82, 2.24) is 4.90 Å². The van der Waals surface area contributed by atoms with E-state index in [4.69, 9.17) is 17.3 Å². The molecule has 0 bridgehead atoms. The standard InChI is InChI=1S/C10H15ClN2S.ClH/c11-10-2-1-9(14-10)7-13-5-3-8(12)4-6-13;/h1-2,8H,3-7,12H2;1H. The molecule has 2 rings (SSSR count). The molecule has 0 unspecified atom stereocenters. The Bertz CT molecular complexity index is 295. The highest BCUT2D eigenvalue weighted by atomic mass is 35.5. The highest BCUT2D eigenvalue weighted by Gasteiger charge is 2.16. The molecule has 0 spiro atoms. The highest BCUT2D eigenvalue weighted by molar-refractivity contribution is 7.16. The summed E-state index contributed by atoms with van der Waals surface area (Å²) in [5, 5.41) is 0. The third-order valence-corrected chi connectivity index (χ3v) is 3.86. The average molecular weight is 267 g/mol. The van der Waals surface area contributed by atoms with Crippen molar-refractivity contribution in [2.45, 2.75) is 25.4 Å². The van der Waals surface area contributed by atoms with Crippen molar-refractivity contribution < 1.29 is 0 Å². The zero-order chi connectivity index (χ0) is 9.97. The van der Waals surface area contributed by atoms with Gasteiger partial charge < -0.3 is 5.73 Å². The van der Waals surface area contributed by atoms with E-state index in [1.54, 1.807) is 11.3 Å². The third kappa shape index (κ3) is 3.93. The van der Waals surface area contributed by atoms with Gasteiger partial charge in [0.2, 0.25) is 0 Å². The number of likely N-dealkylation sites (tertiary alicyclic amines) is 1. The first-order chi connectivity index (χ1) is 6.74. The summed E-state index contributed by atoms with van der Waals surface area (Å²) in [6.45, 7) is 3.28. The van der Waals surface area contributed by atoms with Gasteiger partial charge in [-0.3, -0.25) is 4.90 Å². The monoisotopic (exact) mass is 266 g/mol. The van der Waals surface area contributed by atoms with Crippen LogP contribution in [0.3, 0.4) is 0 Å². The molecule has 1 saturated heterocycles. The lowest BCUT2D eigenvalue weighted by molar-refractivity contribution is 0.207. The van der Waals surface area contributed by atoms with Crippen LogP contribution in [0.15, 0.2) is 12.1 Å². The Balaban J connectivity index is 0.00000112. The van der Waals surface area contributed by atoms with Gasteiger partial charge in [0.15, 0.2) is 0 Å². The van der Waals surface area contributed by atoms with Crippen LogP contribution in [0.25, 0.3) is 0 Å². The van der Waals surface area contributed by atoms with E-state index in [-0.39, 0.29) is 12.4 Å². The fourth-order valence-electron chi connectivity index (χ4n) is 1.77. The summed E-state index contributed by atoms with van der Waals surface area (Å²) < 4.78 is 0.883. The largest absolute Gasteiger partial charge is 0.328 e. The number of nitrogens with zero attached hydrogens (tertiary/aromatic N) is 1. The van der Waals surface area contributed by atoms with E-state index in [2.05, 4.69) is 11.0 Å².